The first-order chi connectivity index (χ1) is 7.97. The summed E-state index contributed by atoms with van der Waals surface area (Å²) < 4.78 is 8.55. The lowest BCUT2D eigenvalue weighted by Crippen LogP contribution is -2.24. The van der Waals surface area contributed by atoms with E-state index in [4.69, 9.17) is 19.2 Å². The summed E-state index contributed by atoms with van der Waals surface area (Å²) in [4.78, 5) is 34.0. The van der Waals surface area contributed by atoms with E-state index < -0.39 is 7.82 Å². The highest BCUT2D eigenvalue weighted by Gasteiger charge is 1.95. The van der Waals surface area contributed by atoms with E-state index in [2.05, 4.69) is 9.97 Å². The van der Waals surface area contributed by atoms with Crippen molar-refractivity contribution in [3.8, 4) is 11.4 Å². The van der Waals surface area contributed by atoms with Gasteiger partial charge in [0.1, 0.15) is 0 Å². The second-order valence-corrected chi connectivity index (χ2v) is 3.77. The third-order valence-corrected chi connectivity index (χ3v) is 1.59. The molecule has 0 amide bonds. The Morgan fingerprint density at radius 2 is 1.18 bits per heavy atom. The second-order valence-electron chi connectivity index (χ2n) is 2.88. The third kappa shape index (κ3) is 6.55. The van der Waals surface area contributed by atoms with Crippen LogP contribution in [0.25, 0.3) is 11.4 Å². The molecule has 2 rings (SSSR count). The molecule has 2 aromatic heterocycles. The van der Waals surface area contributed by atoms with Crippen LogP contribution in [0.15, 0.2) is 48.8 Å². The molecular weight excluding hydrogens is 243 g/mol. The molecular formula is C10H8N2O4P-3. The summed E-state index contributed by atoms with van der Waals surface area (Å²) in [5.41, 5.74) is 1.83. The molecule has 0 aliphatic carbocycles. The van der Waals surface area contributed by atoms with Gasteiger partial charge < -0.3 is 19.2 Å². The summed E-state index contributed by atoms with van der Waals surface area (Å²) in [5, 5.41) is 0. The van der Waals surface area contributed by atoms with Crippen LogP contribution >= 0.6 is 7.82 Å². The summed E-state index contributed by atoms with van der Waals surface area (Å²) in [7, 11) is -5.39. The molecule has 0 radical (unpaired) electrons. The molecule has 0 atom stereocenters. The Bertz CT molecular complexity index is 440. The van der Waals surface area contributed by atoms with Gasteiger partial charge >= 0.3 is 0 Å². The molecule has 0 spiro atoms. The Kier molecular flexibility index (Phi) is 4.93. The van der Waals surface area contributed by atoms with Crippen LogP contribution in [0.2, 0.25) is 0 Å². The number of aromatic nitrogens is 2. The average Bonchev–Trinajstić information content (AvgIpc) is 2.29. The zero-order valence-corrected chi connectivity index (χ0v) is 9.49. The third-order valence-electron chi connectivity index (χ3n) is 1.59. The fourth-order valence-electron chi connectivity index (χ4n) is 1.03. The highest BCUT2D eigenvalue weighted by Crippen LogP contribution is 2.10. The van der Waals surface area contributed by atoms with Gasteiger partial charge in [0, 0.05) is 12.4 Å². The number of pyridine rings is 2. The van der Waals surface area contributed by atoms with Gasteiger partial charge in [-0.2, -0.15) is 7.82 Å². The van der Waals surface area contributed by atoms with Crippen molar-refractivity contribution in [3.63, 3.8) is 0 Å². The Labute approximate surface area is 97.9 Å². The Morgan fingerprint density at radius 3 is 1.41 bits per heavy atom. The average molecular weight is 251 g/mol. The maximum atomic E-state index is 8.55. The molecule has 0 aliphatic rings. The number of phosphoric acid groups is 1. The van der Waals surface area contributed by atoms with E-state index in [1.807, 2.05) is 36.4 Å². The first-order valence-electron chi connectivity index (χ1n) is 4.52. The lowest BCUT2D eigenvalue weighted by Gasteiger charge is -2.36. The van der Waals surface area contributed by atoms with Gasteiger partial charge in [-0.05, 0) is 24.3 Å². The van der Waals surface area contributed by atoms with Crippen LogP contribution in [0.3, 0.4) is 0 Å². The van der Waals surface area contributed by atoms with Gasteiger partial charge in [-0.3, -0.25) is 9.97 Å². The van der Waals surface area contributed by atoms with Crippen LogP contribution in [0.5, 0.6) is 0 Å². The molecule has 17 heavy (non-hydrogen) atoms. The molecule has 0 saturated carbocycles. The zero-order chi connectivity index (χ0) is 12.7. The summed E-state index contributed by atoms with van der Waals surface area (Å²) in [6.45, 7) is 0. The molecule has 0 saturated heterocycles. The fraction of sp³-hybridized carbons (Fsp3) is 0. The van der Waals surface area contributed by atoms with Gasteiger partial charge in [0.2, 0.25) is 0 Å². The summed E-state index contributed by atoms with van der Waals surface area (Å²) in [6.07, 6.45) is 3.54. The van der Waals surface area contributed by atoms with Crippen molar-refractivity contribution in [2.24, 2.45) is 0 Å². The molecule has 0 bridgehead atoms. The van der Waals surface area contributed by atoms with Crippen molar-refractivity contribution in [3.05, 3.63) is 48.8 Å². The molecule has 0 fully saturated rings. The van der Waals surface area contributed by atoms with E-state index in [0.29, 0.717) is 0 Å². The lowest BCUT2D eigenvalue weighted by molar-refractivity contribution is -0.432. The minimum atomic E-state index is -5.39. The van der Waals surface area contributed by atoms with Crippen molar-refractivity contribution in [1.29, 1.82) is 0 Å². The number of nitrogens with zero attached hydrogens (tertiary/aromatic N) is 2. The Morgan fingerprint density at radius 1 is 0.824 bits per heavy atom. The number of hydrogen-bond donors (Lipinski definition) is 0. The van der Waals surface area contributed by atoms with E-state index in [1.54, 1.807) is 12.4 Å². The summed E-state index contributed by atoms with van der Waals surface area (Å²) >= 11 is 0. The van der Waals surface area contributed by atoms with E-state index in [-0.39, 0.29) is 0 Å². The standard InChI is InChI=1S/C10H8N2.H3O4P/c1-3-7-11-9(5-1)10-6-2-4-8-12-10;1-5(2,3)4/h1-8H;(H3,1,2,3,4)/p-3. The molecule has 0 aromatic carbocycles. The Balaban J connectivity index is 0.000000249. The second kappa shape index (κ2) is 6.22. The van der Waals surface area contributed by atoms with Crippen LogP contribution in [-0.2, 0) is 4.57 Å². The van der Waals surface area contributed by atoms with Crippen molar-refractivity contribution in [1.82, 2.24) is 9.97 Å². The lowest BCUT2D eigenvalue weighted by atomic mass is 10.2. The molecule has 0 aliphatic heterocycles. The summed E-state index contributed by atoms with van der Waals surface area (Å²) in [6, 6.07) is 11.6. The van der Waals surface area contributed by atoms with Crippen LogP contribution in [-0.4, -0.2) is 9.97 Å². The maximum absolute atomic E-state index is 8.55. The minimum absolute atomic E-state index is 0.915. The fourth-order valence-corrected chi connectivity index (χ4v) is 1.03. The first-order valence-corrected chi connectivity index (χ1v) is 5.98. The number of rotatable bonds is 1. The van der Waals surface area contributed by atoms with E-state index >= 15 is 0 Å². The van der Waals surface area contributed by atoms with Gasteiger partial charge in [-0.15, -0.1) is 0 Å². The normalized spacial score (nSPS) is 10.3. The zero-order valence-electron chi connectivity index (χ0n) is 8.59. The van der Waals surface area contributed by atoms with Crippen molar-refractivity contribution >= 4 is 7.82 Å². The molecule has 2 aromatic rings. The predicted octanol–water partition coefficient (Wildman–Crippen LogP) is -0.681. The maximum Gasteiger partial charge on any atom is 0.0886 e. The molecule has 0 N–H and O–H groups in total. The smallest absolute Gasteiger partial charge is 0.0886 e. The SMILES string of the molecule is O=P([O-])([O-])[O-].c1ccc(-c2ccccn2)nc1. The van der Waals surface area contributed by atoms with Gasteiger partial charge in [-0.25, -0.2) is 0 Å². The highest BCUT2D eigenvalue weighted by molar-refractivity contribution is 7.40. The van der Waals surface area contributed by atoms with Gasteiger partial charge in [-0.1, -0.05) is 12.1 Å². The topological polar surface area (TPSA) is 112 Å². The highest BCUT2D eigenvalue weighted by atomic mass is 31.2. The van der Waals surface area contributed by atoms with Crippen LogP contribution in [0.4, 0.5) is 0 Å². The van der Waals surface area contributed by atoms with Gasteiger partial charge in [0.05, 0.1) is 11.4 Å². The van der Waals surface area contributed by atoms with E-state index in [1.165, 1.54) is 0 Å². The largest absolute Gasteiger partial charge is 0.822 e. The van der Waals surface area contributed by atoms with Crippen molar-refractivity contribution < 1.29 is 19.2 Å². The van der Waals surface area contributed by atoms with Crippen LogP contribution in [0, 0.1) is 0 Å². The predicted molar refractivity (Wildman–Crippen MR) is 55.1 cm³/mol. The summed E-state index contributed by atoms with van der Waals surface area (Å²) in [5.74, 6) is 0. The monoisotopic (exact) mass is 251 g/mol. The molecule has 6 nitrogen and oxygen atoms in total. The van der Waals surface area contributed by atoms with E-state index in [0.717, 1.165) is 11.4 Å². The minimum Gasteiger partial charge on any atom is -0.822 e. The van der Waals surface area contributed by atoms with Gasteiger partial charge in [0.25, 0.3) is 0 Å². The molecule has 2 heterocycles. The molecule has 0 unspecified atom stereocenters. The van der Waals surface area contributed by atoms with Crippen molar-refractivity contribution in [2.75, 3.05) is 0 Å². The first kappa shape index (κ1) is 13.5. The quantitative estimate of drug-likeness (QED) is 0.620. The van der Waals surface area contributed by atoms with Gasteiger partial charge in [0.15, 0.2) is 0 Å². The van der Waals surface area contributed by atoms with Crippen LogP contribution < -0.4 is 14.7 Å². The number of hydrogen-bond acceptors (Lipinski definition) is 6. The molecule has 90 valence electrons. The van der Waals surface area contributed by atoms with Crippen molar-refractivity contribution in [2.45, 2.75) is 0 Å². The molecule has 7 heteroatoms. The Hall–Kier alpha value is -1.59. The van der Waals surface area contributed by atoms with E-state index in [9.17, 15) is 0 Å². The van der Waals surface area contributed by atoms with Crippen LogP contribution in [0.1, 0.15) is 0 Å².